The zero-order valence-electron chi connectivity index (χ0n) is 12.5. The number of piperidine rings is 1. The van der Waals surface area contributed by atoms with Crippen molar-refractivity contribution in [1.82, 2.24) is 10.3 Å². The number of amides is 1. The van der Waals surface area contributed by atoms with Gasteiger partial charge in [0.1, 0.15) is 0 Å². The number of nitrogens with zero attached hydrogens (tertiary/aromatic N) is 2. The monoisotopic (exact) mass is 343 g/mol. The number of alkyl halides is 3. The molecule has 1 aromatic carbocycles. The molecule has 1 atom stereocenters. The highest BCUT2D eigenvalue weighted by Crippen LogP contribution is 2.36. The molecule has 1 aliphatic rings. The third-order valence-electron chi connectivity index (χ3n) is 4.01. The number of rotatable bonds is 2. The molecule has 0 saturated carbocycles. The third-order valence-corrected chi connectivity index (χ3v) is 5.11. The lowest BCUT2D eigenvalue weighted by Crippen LogP contribution is -2.42. The largest absolute Gasteiger partial charge is 0.416 e. The molecule has 3 rings (SSSR count). The first-order valence-electron chi connectivity index (χ1n) is 7.33. The fraction of sp³-hybridized carbons (Fsp3) is 0.467. The van der Waals surface area contributed by atoms with E-state index in [1.165, 1.54) is 17.4 Å². The van der Waals surface area contributed by atoms with Crippen molar-refractivity contribution >= 4 is 32.6 Å². The number of carbonyl (C=O) groups excluding carboxylic acids is 1. The lowest BCUT2D eigenvalue weighted by atomic mass is 9.98. The van der Waals surface area contributed by atoms with Crippen molar-refractivity contribution < 1.29 is 18.0 Å². The molecule has 0 spiro atoms. The number of aromatic nitrogens is 1. The molecule has 2 aromatic rings. The molecule has 1 fully saturated rings. The van der Waals surface area contributed by atoms with Crippen LogP contribution in [0.2, 0.25) is 0 Å². The van der Waals surface area contributed by atoms with Gasteiger partial charge in [-0.1, -0.05) is 11.3 Å². The lowest BCUT2D eigenvalue weighted by molar-refractivity contribution is -0.137. The Balaban J connectivity index is 1.87. The Morgan fingerprint density at radius 2 is 2.22 bits per heavy atom. The van der Waals surface area contributed by atoms with Crippen LogP contribution in [0.25, 0.3) is 10.2 Å². The van der Waals surface area contributed by atoms with Crippen molar-refractivity contribution in [3.05, 3.63) is 23.8 Å². The summed E-state index contributed by atoms with van der Waals surface area (Å²) < 4.78 is 39.0. The second kappa shape index (κ2) is 5.99. The average molecular weight is 343 g/mol. The van der Waals surface area contributed by atoms with E-state index in [1.807, 2.05) is 4.90 Å². The first kappa shape index (κ1) is 16.0. The summed E-state index contributed by atoms with van der Waals surface area (Å²) in [7, 11) is 1.61. The first-order chi connectivity index (χ1) is 10.9. The molecule has 8 heteroatoms. The second-order valence-corrected chi connectivity index (χ2v) is 6.59. The fourth-order valence-corrected chi connectivity index (χ4v) is 3.78. The number of fused-ring (bicyclic) bond motifs is 1. The predicted octanol–water partition coefficient (Wildman–Crippen LogP) is 3.28. The van der Waals surface area contributed by atoms with Gasteiger partial charge in [-0.15, -0.1) is 0 Å². The van der Waals surface area contributed by atoms with Crippen molar-refractivity contribution in [2.45, 2.75) is 19.0 Å². The highest BCUT2D eigenvalue weighted by Gasteiger charge is 2.31. The number of hydrogen-bond acceptors (Lipinski definition) is 4. The Hall–Kier alpha value is -1.83. The maximum Gasteiger partial charge on any atom is 0.416 e. The van der Waals surface area contributed by atoms with Crippen LogP contribution >= 0.6 is 11.3 Å². The van der Waals surface area contributed by atoms with E-state index in [0.717, 1.165) is 36.2 Å². The summed E-state index contributed by atoms with van der Waals surface area (Å²) in [6, 6.07) is 3.61. The molecule has 1 saturated heterocycles. The number of thiazole rings is 1. The molecular formula is C15H16F3N3OS. The Morgan fingerprint density at radius 1 is 1.43 bits per heavy atom. The lowest BCUT2D eigenvalue weighted by Gasteiger charge is -2.31. The summed E-state index contributed by atoms with van der Waals surface area (Å²) in [4.78, 5) is 18.1. The molecule has 0 bridgehead atoms. The van der Waals surface area contributed by atoms with E-state index in [0.29, 0.717) is 17.2 Å². The molecule has 1 amide bonds. The van der Waals surface area contributed by atoms with Gasteiger partial charge >= 0.3 is 6.18 Å². The molecule has 0 radical (unpaired) electrons. The van der Waals surface area contributed by atoms with Gasteiger partial charge in [-0.3, -0.25) is 4.79 Å². The topological polar surface area (TPSA) is 45.2 Å². The summed E-state index contributed by atoms with van der Waals surface area (Å²) in [5.74, 6) is -0.110. The molecule has 1 aromatic heterocycles. The summed E-state index contributed by atoms with van der Waals surface area (Å²) in [5, 5.41) is 3.32. The van der Waals surface area contributed by atoms with Crippen LogP contribution in [0.5, 0.6) is 0 Å². The van der Waals surface area contributed by atoms with Crippen molar-refractivity contribution in [3.8, 4) is 0 Å². The van der Waals surface area contributed by atoms with E-state index in [4.69, 9.17) is 0 Å². The van der Waals surface area contributed by atoms with Crippen LogP contribution < -0.4 is 10.2 Å². The molecule has 2 heterocycles. The normalized spacial score (nSPS) is 19.1. The Bertz CT molecular complexity index is 728. The van der Waals surface area contributed by atoms with Crippen LogP contribution in [0.1, 0.15) is 18.4 Å². The van der Waals surface area contributed by atoms with Crippen LogP contribution in [-0.4, -0.2) is 31.0 Å². The molecule has 1 unspecified atom stereocenters. The quantitative estimate of drug-likeness (QED) is 0.910. The van der Waals surface area contributed by atoms with Crippen LogP contribution in [0.15, 0.2) is 18.2 Å². The second-order valence-electron chi connectivity index (χ2n) is 5.58. The van der Waals surface area contributed by atoms with Gasteiger partial charge in [0.05, 0.1) is 21.7 Å². The van der Waals surface area contributed by atoms with Crippen molar-refractivity contribution in [3.63, 3.8) is 0 Å². The van der Waals surface area contributed by atoms with Gasteiger partial charge in [-0.25, -0.2) is 4.98 Å². The van der Waals surface area contributed by atoms with Gasteiger partial charge in [0.25, 0.3) is 0 Å². The fourth-order valence-electron chi connectivity index (χ4n) is 2.80. The molecule has 124 valence electrons. The Morgan fingerprint density at radius 3 is 2.91 bits per heavy atom. The van der Waals surface area contributed by atoms with E-state index < -0.39 is 11.7 Å². The van der Waals surface area contributed by atoms with Crippen molar-refractivity contribution in [2.75, 3.05) is 25.0 Å². The number of benzene rings is 1. The van der Waals surface area contributed by atoms with E-state index in [2.05, 4.69) is 10.3 Å². The maximum absolute atomic E-state index is 12.8. The average Bonchev–Trinajstić information content (AvgIpc) is 2.96. The van der Waals surface area contributed by atoms with Crippen LogP contribution in [0.4, 0.5) is 18.3 Å². The standard InChI is InChI=1S/C15H16F3N3OS/c1-19-13(22)9-3-2-6-21(8-9)14-20-11-7-10(15(16,17)18)4-5-12(11)23-14/h4-5,7,9H,2-3,6,8H2,1H3,(H,19,22). The minimum Gasteiger partial charge on any atom is -0.359 e. The van der Waals surface area contributed by atoms with Gasteiger partial charge in [-0.2, -0.15) is 13.2 Å². The highest BCUT2D eigenvalue weighted by molar-refractivity contribution is 7.22. The zero-order valence-corrected chi connectivity index (χ0v) is 13.3. The summed E-state index contributed by atoms with van der Waals surface area (Å²) in [6.45, 7) is 1.31. The van der Waals surface area contributed by atoms with E-state index in [1.54, 1.807) is 7.05 Å². The number of nitrogens with one attached hydrogen (secondary N) is 1. The first-order valence-corrected chi connectivity index (χ1v) is 8.14. The Labute approximate surface area is 135 Å². The number of anilines is 1. The predicted molar refractivity (Wildman–Crippen MR) is 83.6 cm³/mol. The highest BCUT2D eigenvalue weighted by atomic mass is 32.1. The van der Waals surface area contributed by atoms with Crippen molar-refractivity contribution in [2.24, 2.45) is 5.92 Å². The number of hydrogen-bond donors (Lipinski definition) is 1. The molecule has 1 aliphatic heterocycles. The minimum absolute atomic E-state index is 0.00447. The Kier molecular flexibility index (Phi) is 4.18. The molecule has 4 nitrogen and oxygen atoms in total. The van der Waals surface area contributed by atoms with Gasteiger partial charge in [-0.05, 0) is 31.0 Å². The van der Waals surface area contributed by atoms with Gasteiger partial charge in [0.15, 0.2) is 5.13 Å². The van der Waals surface area contributed by atoms with Crippen LogP contribution in [-0.2, 0) is 11.0 Å². The molecule has 1 N–H and O–H groups in total. The maximum atomic E-state index is 12.8. The number of carbonyl (C=O) groups is 1. The zero-order chi connectivity index (χ0) is 16.6. The molecule has 0 aliphatic carbocycles. The van der Waals surface area contributed by atoms with Crippen LogP contribution in [0, 0.1) is 5.92 Å². The van der Waals surface area contributed by atoms with E-state index in [9.17, 15) is 18.0 Å². The summed E-state index contributed by atoms with van der Waals surface area (Å²) >= 11 is 1.36. The molecular weight excluding hydrogens is 327 g/mol. The van der Waals surface area contributed by atoms with E-state index in [-0.39, 0.29) is 11.8 Å². The number of halogens is 3. The van der Waals surface area contributed by atoms with E-state index >= 15 is 0 Å². The van der Waals surface area contributed by atoms with Gasteiger partial charge in [0.2, 0.25) is 5.91 Å². The van der Waals surface area contributed by atoms with Crippen molar-refractivity contribution in [1.29, 1.82) is 0 Å². The molecule has 23 heavy (non-hydrogen) atoms. The van der Waals surface area contributed by atoms with Crippen LogP contribution in [0.3, 0.4) is 0 Å². The van der Waals surface area contributed by atoms with Gasteiger partial charge < -0.3 is 10.2 Å². The minimum atomic E-state index is -4.37. The summed E-state index contributed by atoms with van der Waals surface area (Å²) in [5.41, 5.74) is -0.342. The van der Waals surface area contributed by atoms with Gasteiger partial charge in [0, 0.05) is 20.1 Å². The smallest absolute Gasteiger partial charge is 0.359 e. The third kappa shape index (κ3) is 3.26. The summed E-state index contributed by atoms with van der Waals surface area (Å²) in [6.07, 6.45) is -2.69. The SMILES string of the molecule is CNC(=O)C1CCCN(c2nc3cc(C(F)(F)F)ccc3s2)C1.